The first-order valence-corrected chi connectivity index (χ1v) is 7.95. The number of nitrogens with zero attached hydrogens (tertiary/aromatic N) is 1. The van der Waals surface area contributed by atoms with Crippen LogP contribution in [0.3, 0.4) is 0 Å². The second-order valence-electron chi connectivity index (χ2n) is 6.08. The molecule has 1 fully saturated rings. The van der Waals surface area contributed by atoms with E-state index in [4.69, 9.17) is 14.6 Å². The summed E-state index contributed by atoms with van der Waals surface area (Å²) < 4.78 is 49.2. The van der Waals surface area contributed by atoms with Crippen LogP contribution in [0.5, 0.6) is 11.5 Å². The van der Waals surface area contributed by atoms with Crippen LogP contribution in [0.1, 0.15) is 12.0 Å². The van der Waals surface area contributed by atoms with Gasteiger partial charge in [0.1, 0.15) is 0 Å². The van der Waals surface area contributed by atoms with Crippen molar-refractivity contribution in [3.8, 4) is 11.5 Å². The third-order valence-electron chi connectivity index (χ3n) is 4.49. The average Bonchev–Trinajstić information content (AvgIpc) is 3.05. The number of benzene rings is 1. The minimum Gasteiger partial charge on any atom is -0.493 e. The van der Waals surface area contributed by atoms with Crippen molar-refractivity contribution in [2.24, 2.45) is 11.8 Å². The first-order chi connectivity index (χ1) is 12.2. The third-order valence-corrected chi connectivity index (χ3v) is 4.49. The number of carbonyl (C=O) groups is 2. The summed E-state index contributed by atoms with van der Waals surface area (Å²) in [4.78, 5) is 24.3. The summed E-state index contributed by atoms with van der Waals surface area (Å²) in [6.07, 6.45) is -4.38. The Balaban J connectivity index is 2.01. The molecule has 2 rings (SSSR count). The van der Waals surface area contributed by atoms with Crippen molar-refractivity contribution < 1.29 is 37.3 Å². The van der Waals surface area contributed by atoms with Gasteiger partial charge in [0.25, 0.3) is 0 Å². The summed E-state index contributed by atoms with van der Waals surface area (Å²) in [6.45, 7) is -1.05. The summed E-state index contributed by atoms with van der Waals surface area (Å²) in [6, 6.07) is 5.10. The number of aliphatic carboxylic acids is 1. The van der Waals surface area contributed by atoms with E-state index in [0.29, 0.717) is 17.9 Å². The number of halogens is 3. The Labute approximate surface area is 148 Å². The molecule has 1 N–H and O–H groups in total. The molecule has 144 valence electrons. The Morgan fingerprint density at radius 3 is 2.35 bits per heavy atom. The maximum absolute atomic E-state index is 13.0. The van der Waals surface area contributed by atoms with E-state index in [1.807, 2.05) is 0 Å². The van der Waals surface area contributed by atoms with Crippen LogP contribution in [-0.2, 0) is 16.0 Å². The van der Waals surface area contributed by atoms with Crippen molar-refractivity contribution in [2.45, 2.75) is 19.0 Å². The molecule has 1 saturated heterocycles. The molecule has 0 aromatic heterocycles. The number of alkyl halides is 3. The highest BCUT2D eigenvalue weighted by atomic mass is 19.4. The van der Waals surface area contributed by atoms with Crippen LogP contribution in [0.15, 0.2) is 18.2 Å². The molecule has 1 aliphatic rings. The second-order valence-corrected chi connectivity index (χ2v) is 6.08. The second kappa shape index (κ2) is 7.84. The predicted molar refractivity (Wildman–Crippen MR) is 85.1 cm³/mol. The van der Waals surface area contributed by atoms with Gasteiger partial charge in [-0.25, -0.2) is 0 Å². The molecule has 1 aliphatic heterocycles. The first-order valence-electron chi connectivity index (χ1n) is 7.95. The molecule has 1 aromatic carbocycles. The van der Waals surface area contributed by atoms with Crippen LogP contribution < -0.4 is 9.47 Å². The molecule has 2 atom stereocenters. The highest BCUT2D eigenvalue weighted by Gasteiger charge is 2.53. The van der Waals surface area contributed by atoms with E-state index in [2.05, 4.69) is 0 Å². The Morgan fingerprint density at radius 2 is 1.85 bits per heavy atom. The minimum atomic E-state index is -4.65. The highest BCUT2D eigenvalue weighted by Crippen LogP contribution is 2.38. The number of rotatable bonds is 6. The quantitative estimate of drug-likeness (QED) is 0.826. The Morgan fingerprint density at radius 1 is 1.19 bits per heavy atom. The minimum absolute atomic E-state index is 0.0214. The first kappa shape index (κ1) is 19.9. The Hall–Kier alpha value is -2.45. The van der Waals surface area contributed by atoms with Crippen molar-refractivity contribution >= 4 is 11.9 Å². The van der Waals surface area contributed by atoms with Crippen molar-refractivity contribution in [1.29, 1.82) is 0 Å². The third kappa shape index (κ3) is 4.39. The molecule has 26 heavy (non-hydrogen) atoms. The van der Waals surface area contributed by atoms with Crippen LogP contribution in [0.2, 0.25) is 0 Å². The summed E-state index contributed by atoms with van der Waals surface area (Å²) >= 11 is 0. The van der Waals surface area contributed by atoms with E-state index in [1.165, 1.54) is 14.2 Å². The van der Waals surface area contributed by atoms with Gasteiger partial charge in [0.2, 0.25) is 5.91 Å². The molecule has 0 bridgehead atoms. The zero-order valence-corrected chi connectivity index (χ0v) is 14.4. The van der Waals surface area contributed by atoms with Crippen LogP contribution in [0.25, 0.3) is 0 Å². The molecule has 1 amide bonds. The zero-order valence-electron chi connectivity index (χ0n) is 14.4. The fraction of sp³-hybridized carbons (Fsp3) is 0.529. The lowest BCUT2D eigenvalue weighted by atomic mass is 9.96. The normalized spacial score (nSPS) is 20.1. The van der Waals surface area contributed by atoms with Crippen LogP contribution in [0.4, 0.5) is 13.2 Å². The van der Waals surface area contributed by atoms with Gasteiger partial charge in [-0.1, -0.05) is 6.07 Å². The summed E-state index contributed by atoms with van der Waals surface area (Å²) in [5.74, 6) is -4.69. The molecule has 0 aliphatic carbocycles. The molecule has 0 saturated carbocycles. The number of carbonyl (C=O) groups excluding carboxylic acids is 1. The van der Waals surface area contributed by atoms with Gasteiger partial charge in [0.05, 0.1) is 26.1 Å². The lowest BCUT2D eigenvalue weighted by Crippen LogP contribution is -2.34. The molecular formula is C17H20F3NO5. The smallest absolute Gasteiger partial charge is 0.394 e. The van der Waals surface area contributed by atoms with E-state index in [-0.39, 0.29) is 6.42 Å². The lowest BCUT2D eigenvalue weighted by Gasteiger charge is -2.18. The number of likely N-dealkylation sites (tertiary alicyclic amines) is 1. The number of ether oxygens (including phenoxy) is 2. The molecule has 9 heteroatoms. The van der Waals surface area contributed by atoms with Gasteiger partial charge < -0.3 is 19.5 Å². The molecule has 1 aromatic rings. The fourth-order valence-corrected chi connectivity index (χ4v) is 3.03. The largest absolute Gasteiger partial charge is 0.493 e. The predicted octanol–water partition coefficient (Wildman–Crippen LogP) is 2.36. The number of carboxylic acid groups (broad SMARTS) is 1. The highest BCUT2D eigenvalue weighted by molar-refractivity contribution is 5.79. The van der Waals surface area contributed by atoms with Crippen molar-refractivity contribution in [1.82, 2.24) is 4.90 Å². The van der Waals surface area contributed by atoms with Crippen molar-refractivity contribution in [2.75, 3.05) is 27.3 Å². The van der Waals surface area contributed by atoms with E-state index in [1.54, 1.807) is 18.2 Å². The van der Waals surface area contributed by atoms with E-state index < -0.39 is 43.0 Å². The van der Waals surface area contributed by atoms with E-state index >= 15 is 0 Å². The maximum atomic E-state index is 13.0. The van der Waals surface area contributed by atoms with Crippen LogP contribution in [-0.4, -0.2) is 55.4 Å². The monoisotopic (exact) mass is 375 g/mol. The average molecular weight is 375 g/mol. The summed E-state index contributed by atoms with van der Waals surface area (Å²) in [5, 5.41) is 9.00. The molecule has 6 nitrogen and oxygen atoms in total. The molecule has 0 spiro atoms. The molecule has 1 heterocycles. The van der Waals surface area contributed by atoms with E-state index in [0.717, 1.165) is 10.5 Å². The SMILES string of the molecule is COc1ccc(CCC(=O)N2C[C@@H](C(F)(F)F)[C@H](C(=O)O)C2)cc1OC. The fourth-order valence-electron chi connectivity index (χ4n) is 3.03. The number of hydrogen-bond donors (Lipinski definition) is 1. The van der Waals surface area contributed by atoms with Gasteiger partial charge >= 0.3 is 12.1 Å². The van der Waals surface area contributed by atoms with Crippen LogP contribution >= 0.6 is 0 Å². The van der Waals surface area contributed by atoms with Gasteiger partial charge in [0.15, 0.2) is 11.5 Å². The van der Waals surface area contributed by atoms with Crippen LogP contribution in [0, 0.1) is 11.8 Å². The number of carboxylic acids is 1. The topological polar surface area (TPSA) is 76.1 Å². The van der Waals surface area contributed by atoms with Crippen molar-refractivity contribution in [3.05, 3.63) is 23.8 Å². The molecule has 0 radical (unpaired) electrons. The zero-order chi connectivity index (χ0) is 19.5. The van der Waals surface area contributed by atoms with Crippen molar-refractivity contribution in [3.63, 3.8) is 0 Å². The lowest BCUT2D eigenvalue weighted by molar-refractivity contribution is -0.188. The maximum Gasteiger partial charge on any atom is 0.394 e. The Bertz CT molecular complexity index is 677. The summed E-state index contributed by atoms with van der Waals surface area (Å²) in [7, 11) is 2.96. The molecular weight excluding hydrogens is 355 g/mol. The van der Waals surface area contributed by atoms with Gasteiger partial charge in [-0.05, 0) is 24.1 Å². The van der Waals surface area contributed by atoms with E-state index in [9.17, 15) is 22.8 Å². The Kier molecular flexibility index (Phi) is 5.99. The van der Waals surface area contributed by atoms with Gasteiger partial charge in [0, 0.05) is 19.5 Å². The van der Waals surface area contributed by atoms with Gasteiger partial charge in [-0.15, -0.1) is 0 Å². The number of aryl methyl sites for hydroxylation is 1. The summed E-state index contributed by atoms with van der Waals surface area (Å²) in [5.41, 5.74) is 0.761. The standard InChI is InChI=1S/C17H20F3NO5/c1-25-13-5-3-10(7-14(13)26-2)4-6-15(22)21-8-11(16(23)24)12(9-21)17(18,19)20/h3,5,7,11-12H,4,6,8-9H2,1-2H3,(H,23,24)/t11-,12-/m1/s1. The number of hydrogen-bond acceptors (Lipinski definition) is 4. The number of amides is 1. The number of methoxy groups -OCH3 is 2. The van der Waals surface area contributed by atoms with Gasteiger partial charge in [-0.3, -0.25) is 9.59 Å². The molecule has 0 unspecified atom stereocenters. The van der Waals surface area contributed by atoms with Gasteiger partial charge in [-0.2, -0.15) is 13.2 Å².